The molecular formula is C28H24FNO5. The first-order valence-electron chi connectivity index (χ1n) is 11.3. The Balaban J connectivity index is 1.36. The molecule has 3 aromatic rings. The Bertz CT molecular complexity index is 1330. The number of rotatable bonds is 5. The molecule has 2 aliphatic rings. The zero-order valence-corrected chi connectivity index (χ0v) is 19.5. The first kappa shape index (κ1) is 22.8. The molecule has 35 heavy (non-hydrogen) atoms. The number of methoxy groups -OCH3 is 1. The SMILES string of the molecule is COC(=O)c1ccc(/C=C2/Oc3c4c(cc(C)c3C2=O)OCN(CCc2ccc(F)cc2)C4)cc1. The van der Waals surface area contributed by atoms with Gasteiger partial charge in [-0.2, -0.15) is 0 Å². The van der Waals surface area contributed by atoms with Gasteiger partial charge in [0.05, 0.1) is 23.8 Å². The molecule has 0 unspecified atom stereocenters. The second kappa shape index (κ2) is 9.35. The van der Waals surface area contributed by atoms with Crippen molar-refractivity contribution in [2.24, 2.45) is 0 Å². The Morgan fingerprint density at radius 2 is 1.89 bits per heavy atom. The van der Waals surface area contributed by atoms with Crippen molar-refractivity contribution in [3.05, 3.63) is 99.6 Å². The number of nitrogens with zero attached hydrogens (tertiary/aromatic N) is 1. The lowest BCUT2D eigenvalue weighted by atomic mass is 9.98. The van der Waals surface area contributed by atoms with E-state index in [4.69, 9.17) is 14.2 Å². The first-order chi connectivity index (χ1) is 16.9. The topological polar surface area (TPSA) is 65.1 Å². The van der Waals surface area contributed by atoms with Crippen LogP contribution in [0.2, 0.25) is 0 Å². The maximum atomic E-state index is 13.2. The van der Waals surface area contributed by atoms with Crippen molar-refractivity contribution < 1.29 is 28.2 Å². The zero-order chi connectivity index (χ0) is 24.5. The minimum Gasteiger partial charge on any atom is -0.478 e. The van der Waals surface area contributed by atoms with Gasteiger partial charge in [-0.25, -0.2) is 9.18 Å². The summed E-state index contributed by atoms with van der Waals surface area (Å²) in [6.45, 7) is 3.60. The van der Waals surface area contributed by atoms with Crippen molar-refractivity contribution in [2.75, 3.05) is 20.4 Å². The van der Waals surface area contributed by atoms with Crippen molar-refractivity contribution in [2.45, 2.75) is 19.9 Å². The molecule has 5 rings (SSSR count). The molecule has 2 aliphatic heterocycles. The second-order valence-electron chi connectivity index (χ2n) is 8.63. The van der Waals surface area contributed by atoms with Gasteiger partial charge in [-0.1, -0.05) is 24.3 Å². The third-order valence-corrected chi connectivity index (χ3v) is 6.25. The molecule has 0 N–H and O–H groups in total. The highest BCUT2D eigenvalue weighted by molar-refractivity contribution is 6.16. The fourth-order valence-electron chi connectivity index (χ4n) is 4.34. The minimum atomic E-state index is -0.420. The van der Waals surface area contributed by atoms with Gasteiger partial charge in [0.2, 0.25) is 5.78 Å². The summed E-state index contributed by atoms with van der Waals surface area (Å²) >= 11 is 0. The van der Waals surface area contributed by atoms with E-state index in [1.807, 2.05) is 13.0 Å². The number of fused-ring (bicyclic) bond motifs is 3. The summed E-state index contributed by atoms with van der Waals surface area (Å²) in [7, 11) is 1.33. The average molecular weight is 474 g/mol. The number of hydrogen-bond donors (Lipinski definition) is 0. The molecule has 0 atom stereocenters. The Kier molecular flexibility index (Phi) is 6.09. The van der Waals surface area contributed by atoms with E-state index >= 15 is 0 Å². The molecule has 0 aliphatic carbocycles. The van der Waals surface area contributed by atoms with Gasteiger partial charge in [-0.15, -0.1) is 0 Å². The number of carbonyl (C=O) groups excluding carboxylic acids is 2. The molecule has 7 heteroatoms. The van der Waals surface area contributed by atoms with Crippen LogP contribution in [-0.4, -0.2) is 37.0 Å². The summed E-state index contributed by atoms with van der Waals surface area (Å²) in [5, 5.41) is 0. The standard InChI is InChI=1S/C28H24FNO5/c1-17-13-23-22(15-30(16-34-23)12-11-18-5-9-21(29)10-6-18)27-25(17)26(31)24(35-27)14-19-3-7-20(8-4-19)28(32)33-2/h3-10,13-14H,11-12,15-16H2,1-2H3/b24-14+. The Morgan fingerprint density at radius 1 is 1.14 bits per heavy atom. The largest absolute Gasteiger partial charge is 0.478 e. The lowest BCUT2D eigenvalue weighted by Crippen LogP contribution is -2.33. The molecule has 0 saturated carbocycles. The smallest absolute Gasteiger partial charge is 0.337 e. The number of Topliss-reactive ketones (excluding diaryl/α,β-unsaturated/α-hetero) is 1. The Hall–Kier alpha value is -3.97. The van der Waals surface area contributed by atoms with E-state index in [0.717, 1.165) is 41.0 Å². The number of esters is 1. The van der Waals surface area contributed by atoms with Crippen LogP contribution in [0.4, 0.5) is 4.39 Å². The number of aryl methyl sites for hydroxylation is 1. The number of allylic oxidation sites excluding steroid dienone is 1. The zero-order valence-electron chi connectivity index (χ0n) is 19.5. The van der Waals surface area contributed by atoms with Crippen LogP contribution in [0.5, 0.6) is 11.5 Å². The lowest BCUT2D eigenvalue weighted by Gasteiger charge is -2.30. The maximum Gasteiger partial charge on any atom is 0.337 e. The minimum absolute atomic E-state index is 0.180. The van der Waals surface area contributed by atoms with E-state index in [-0.39, 0.29) is 17.4 Å². The highest BCUT2D eigenvalue weighted by atomic mass is 19.1. The molecule has 0 saturated heterocycles. The number of benzene rings is 3. The number of halogens is 1. The summed E-state index contributed by atoms with van der Waals surface area (Å²) in [6, 6.07) is 15.1. The third kappa shape index (κ3) is 4.55. The van der Waals surface area contributed by atoms with Crippen molar-refractivity contribution in [3.8, 4) is 11.5 Å². The Morgan fingerprint density at radius 3 is 2.60 bits per heavy atom. The van der Waals surface area contributed by atoms with Crippen molar-refractivity contribution in [1.29, 1.82) is 0 Å². The highest BCUT2D eigenvalue weighted by Gasteiger charge is 2.35. The van der Waals surface area contributed by atoms with Crippen LogP contribution in [0.3, 0.4) is 0 Å². The van der Waals surface area contributed by atoms with Crippen LogP contribution in [0.1, 0.15) is 43.0 Å². The molecule has 6 nitrogen and oxygen atoms in total. The van der Waals surface area contributed by atoms with E-state index in [1.54, 1.807) is 42.5 Å². The van der Waals surface area contributed by atoms with Crippen LogP contribution in [0.25, 0.3) is 6.08 Å². The molecule has 0 bridgehead atoms. The lowest BCUT2D eigenvalue weighted by molar-refractivity contribution is 0.0600. The summed E-state index contributed by atoms with van der Waals surface area (Å²) in [5.74, 6) is 0.632. The van der Waals surface area contributed by atoms with Gasteiger partial charge in [0, 0.05) is 13.1 Å². The highest BCUT2D eigenvalue weighted by Crippen LogP contribution is 2.44. The third-order valence-electron chi connectivity index (χ3n) is 6.25. The Labute approximate surface area is 202 Å². The summed E-state index contributed by atoms with van der Waals surface area (Å²) in [5.41, 5.74) is 4.39. The van der Waals surface area contributed by atoms with E-state index in [2.05, 4.69) is 4.90 Å². The normalized spacial score (nSPS) is 15.9. The van der Waals surface area contributed by atoms with Crippen LogP contribution >= 0.6 is 0 Å². The quantitative estimate of drug-likeness (QED) is 0.387. The van der Waals surface area contributed by atoms with E-state index in [9.17, 15) is 14.0 Å². The number of ether oxygens (including phenoxy) is 3. The molecule has 2 heterocycles. The molecule has 0 fully saturated rings. The molecule has 0 spiro atoms. The summed E-state index contributed by atoms with van der Waals surface area (Å²) in [4.78, 5) is 27.0. The van der Waals surface area contributed by atoms with Crippen LogP contribution in [0, 0.1) is 12.7 Å². The van der Waals surface area contributed by atoms with Crippen LogP contribution in [0.15, 0.2) is 60.4 Å². The number of hydrogen-bond acceptors (Lipinski definition) is 6. The van der Waals surface area contributed by atoms with E-state index in [1.165, 1.54) is 19.2 Å². The summed E-state index contributed by atoms with van der Waals surface area (Å²) in [6.07, 6.45) is 2.42. The maximum absolute atomic E-state index is 13.2. The van der Waals surface area contributed by atoms with Gasteiger partial charge >= 0.3 is 5.97 Å². The fourth-order valence-corrected chi connectivity index (χ4v) is 4.34. The number of ketones is 1. The molecule has 0 radical (unpaired) electrons. The fraction of sp³-hybridized carbons (Fsp3) is 0.214. The van der Waals surface area contributed by atoms with E-state index < -0.39 is 5.97 Å². The van der Waals surface area contributed by atoms with Crippen molar-refractivity contribution >= 4 is 17.8 Å². The monoisotopic (exact) mass is 473 g/mol. The van der Waals surface area contributed by atoms with Gasteiger partial charge in [-0.3, -0.25) is 9.69 Å². The van der Waals surface area contributed by atoms with Gasteiger partial charge in [0.1, 0.15) is 24.0 Å². The molecule has 3 aromatic carbocycles. The molecule has 178 valence electrons. The van der Waals surface area contributed by atoms with Gasteiger partial charge < -0.3 is 14.2 Å². The second-order valence-corrected chi connectivity index (χ2v) is 8.63. The molecular weight excluding hydrogens is 449 g/mol. The number of carbonyl (C=O) groups is 2. The predicted octanol–water partition coefficient (Wildman–Crippen LogP) is 4.93. The molecule has 0 amide bonds. The van der Waals surface area contributed by atoms with Crippen molar-refractivity contribution in [3.63, 3.8) is 0 Å². The van der Waals surface area contributed by atoms with Gasteiger partial charge in [0.25, 0.3) is 0 Å². The van der Waals surface area contributed by atoms with Crippen LogP contribution in [-0.2, 0) is 17.7 Å². The van der Waals surface area contributed by atoms with Crippen LogP contribution < -0.4 is 9.47 Å². The average Bonchev–Trinajstić information content (AvgIpc) is 3.20. The summed E-state index contributed by atoms with van der Waals surface area (Å²) < 4.78 is 30.0. The predicted molar refractivity (Wildman–Crippen MR) is 128 cm³/mol. The van der Waals surface area contributed by atoms with Crippen molar-refractivity contribution in [1.82, 2.24) is 4.90 Å². The van der Waals surface area contributed by atoms with E-state index in [0.29, 0.717) is 30.2 Å². The first-order valence-corrected chi connectivity index (χ1v) is 11.3. The van der Waals surface area contributed by atoms with Gasteiger partial charge in [-0.05, 0) is 66.4 Å². The van der Waals surface area contributed by atoms with Gasteiger partial charge in [0.15, 0.2) is 5.76 Å². The molecule has 0 aromatic heterocycles.